The van der Waals surface area contributed by atoms with Crippen molar-refractivity contribution in [2.45, 2.75) is 37.9 Å². The number of nitrogens with zero attached hydrogens (tertiary/aromatic N) is 3. The monoisotopic (exact) mass is 318 g/mol. The summed E-state index contributed by atoms with van der Waals surface area (Å²) in [5.41, 5.74) is -0.818. The minimum Gasteiger partial charge on any atom is -0.389 e. The van der Waals surface area contributed by atoms with E-state index in [-0.39, 0.29) is 12.5 Å². The first-order chi connectivity index (χ1) is 9.30. The van der Waals surface area contributed by atoms with Gasteiger partial charge in [0.05, 0.1) is 12.1 Å². The van der Waals surface area contributed by atoms with Gasteiger partial charge < -0.3 is 5.11 Å². The molecule has 0 saturated heterocycles. The summed E-state index contributed by atoms with van der Waals surface area (Å²) in [6, 6.07) is 0. The normalized spacial score (nSPS) is 11.9. The maximum atomic E-state index is 11.8. The predicted octanol–water partition coefficient (Wildman–Crippen LogP) is 1.68. The van der Waals surface area contributed by atoms with Crippen LogP contribution in [-0.4, -0.2) is 56.8 Å². The molecule has 0 radical (unpaired) electrons. The van der Waals surface area contributed by atoms with Crippen molar-refractivity contribution in [2.24, 2.45) is 0 Å². The van der Waals surface area contributed by atoms with Crippen LogP contribution in [-0.2, 0) is 4.79 Å². The lowest BCUT2D eigenvalue weighted by molar-refractivity contribution is -0.117. The van der Waals surface area contributed by atoms with Gasteiger partial charge in [-0.25, -0.2) is 0 Å². The second-order valence-electron chi connectivity index (χ2n) is 5.26. The van der Waals surface area contributed by atoms with E-state index >= 15 is 0 Å². The first-order valence-electron chi connectivity index (χ1n) is 6.47. The van der Waals surface area contributed by atoms with Crippen LogP contribution in [0.1, 0.15) is 27.2 Å². The van der Waals surface area contributed by atoms with Crippen LogP contribution >= 0.6 is 23.3 Å². The summed E-state index contributed by atoms with van der Waals surface area (Å²) in [6.45, 7) is 6.16. The fourth-order valence-electron chi connectivity index (χ4n) is 1.63. The fourth-order valence-corrected chi connectivity index (χ4v) is 3.05. The molecular formula is C12H22N4O2S2. The Morgan fingerprint density at radius 2 is 2.25 bits per heavy atom. The molecule has 0 aliphatic heterocycles. The maximum absolute atomic E-state index is 11.8. The van der Waals surface area contributed by atoms with E-state index in [1.807, 2.05) is 0 Å². The molecule has 2 N–H and O–H groups in total. The van der Waals surface area contributed by atoms with E-state index in [0.717, 1.165) is 12.2 Å². The van der Waals surface area contributed by atoms with E-state index in [1.54, 1.807) is 37.6 Å². The van der Waals surface area contributed by atoms with E-state index in [4.69, 9.17) is 0 Å². The topological polar surface area (TPSA) is 78.4 Å². The quantitative estimate of drug-likeness (QED) is 0.710. The van der Waals surface area contributed by atoms with Gasteiger partial charge in [-0.05, 0) is 27.3 Å². The third-order valence-electron chi connectivity index (χ3n) is 2.16. The number of likely N-dealkylation sites (N-methyl/N-ethyl adjacent to an activating group) is 1. The molecule has 1 heterocycles. The molecule has 0 spiro atoms. The molecule has 20 heavy (non-hydrogen) atoms. The van der Waals surface area contributed by atoms with Crippen molar-refractivity contribution in [1.82, 2.24) is 14.3 Å². The molecule has 0 atom stereocenters. The van der Waals surface area contributed by atoms with E-state index < -0.39 is 5.60 Å². The number of aliphatic hydroxyl groups is 1. The molecule has 0 bridgehead atoms. The van der Waals surface area contributed by atoms with E-state index in [0.29, 0.717) is 16.8 Å². The molecule has 0 unspecified atom stereocenters. The van der Waals surface area contributed by atoms with Crippen LogP contribution in [0.15, 0.2) is 5.16 Å². The molecule has 0 aliphatic rings. The van der Waals surface area contributed by atoms with Gasteiger partial charge in [0.2, 0.25) is 16.2 Å². The number of nitrogens with one attached hydrogen (secondary N) is 1. The summed E-state index contributed by atoms with van der Waals surface area (Å²) in [5.74, 6) is 0.818. The predicted molar refractivity (Wildman–Crippen MR) is 83.3 cm³/mol. The average molecular weight is 318 g/mol. The number of thioether (sulfide) groups is 1. The maximum Gasteiger partial charge on any atom is 0.240 e. The molecule has 1 aromatic rings. The summed E-state index contributed by atoms with van der Waals surface area (Å²) < 4.78 is 4.17. The lowest BCUT2D eigenvalue weighted by Gasteiger charge is -2.24. The molecule has 8 heteroatoms. The zero-order chi connectivity index (χ0) is 15.2. The molecule has 0 aliphatic carbocycles. The Kier molecular flexibility index (Phi) is 6.87. The molecule has 1 amide bonds. The number of carbonyl (C=O) groups excluding carboxylic acids is 1. The second-order valence-corrected chi connectivity index (χ2v) is 7.08. The first kappa shape index (κ1) is 17.4. The summed E-state index contributed by atoms with van der Waals surface area (Å²) >= 11 is 2.77. The molecule has 1 aromatic heterocycles. The largest absolute Gasteiger partial charge is 0.389 e. The van der Waals surface area contributed by atoms with Crippen molar-refractivity contribution in [1.29, 1.82) is 0 Å². The van der Waals surface area contributed by atoms with Gasteiger partial charge in [0.15, 0.2) is 0 Å². The summed E-state index contributed by atoms with van der Waals surface area (Å²) in [6.07, 6.45) is 1.06. The van der Waals surface area contributed by atoms with Crippen LogP contribution in [0.3, 0.4) is 0 Å². The minimum atomic E-state index is -0.818. The van der Waals surface area contributed by atoms with Gasteiger partial charge >= 0.3 is 0 Å². The molecular weight excluding hydrogens is 296 g/mol. The van der Waals surface area contributed by atoms with Gasteiger partial charge in [-0.1, -0.05) is 18.7 Å². The van der Waals surface area contributed by atoms with Gasteiger partial charge in [0.1, 0.15) is 0 Å². The number of carbonyl (C=O) groups is 1. The Bertz CT molecular complexity index is 431. The molecule has 0 fully saturated rings. The second kappa shape index (κ2) is 7.92. The zero-order valence-electron chi connectivity index (χ0n) is 12.3. The molecule has 1 rings (SSSR count). The van der Waals surface area contributed by atoms with Crippen LogP contribution in [0.2, 0.25) is 0 Å². The van der Waals surface area contributed by atoms with Gasteiger partial charge in [0, 0.05) is 23.8 Å². The van der Waals surface area contributed by atoms with E-state index in [2.05, 4.69) is 21.6 Å². The number of anilines is 1. The summed E-state index contributed by atoms with van der Waals surface area (Å²) in [5, 5.41) is 13.6. The number of amides is 1. The van der Waals surface area contributed by atoms with Crippen molar-refractivity contribution in [3.05, 3.63) is 0 Å². The fraction of sp³-hybridized carbons (Fsp3) is 0.750. The first-order valence-corrected chi connectivity index (χ1v) is 8.23. The van der Waals surface area contributed by atoms with Crippen LogP contribution in [0, 0.1) is 0 Å². The summed E-state index contributed by atoms with van der Waals surface area (Å²) in [7, 11) is 1.79. The zero-order valence-corrected chi connectivity index (χ0v) is 14.0. The minimum absolute atomic E-state index is 0.153. The van der Waals surface area contributed by atoms with Crippen LogP contribution in [0.4, 0.5) is 5.13 Å². The van der Waals surface area contributed by atoms with E-state index in [9.17, 15) is 9.90 Å². The highest BCUT2D eigenvalue weighted by molar-refractivity contribution is 7.99. The Balaban J connectivity index is 2.40. The molecule has 6 nitrogen and oxygen atoms in total. The smallest absolute Gasteiger partial charge is 0.240 e. The summed E-state index contributed by atoms with van der Waals surface area (Å²) in [4.78, 5) is 17.8. The van der Waals surface area contributed by atoms with Crippen molar-refractivity contribution in [3.8, 4) is 0 Å². The van der Waals surface area contributed by atoms with Crippen LogP contribution in [0.25, 0.3) is 0 Å². The van der Waals surface area contributed by atoms with E-state index in [1.165, 1.54) is 11.5 Å². The highest BCUT2D eigenvalue weighted by Gasteiger charge is 2.18. The van der Waals surface area contributed by atoms with Gasteiger partial charge in [-0.3, -0.25) is 15.0 Å². The standard InChI is InChI=1S/C12H22N4O2S2/c1-5-6-19-11-14-10(20-15-11)13-9(17)7-16(4)8-12(2,3)18/h18H,5-8H2,1-4H3,(H,13,14,15,17). The third kappa shape index (κ3) is 7.18. The highest BCUT2D eigenvalue weighted by Crippen LogP contribution is 2.20. The van der Waals surface area contributed by atoms with Crippen molar-refractivity contribution in [2.75, 3.05) is 31.2 Å². The van der Waals surface area contributed by atoms with Gasteiger partial charge in [-0.15, -0.1) is 0 Å². The lowest BCUT2D eigenvalue weighted by atomic mass is 10.1. The Hall–Kier alpha value is -0.700. The number of hydrogen-bond donors (Lipinski definition) is 2. The number of hydrogen-bond acceptors (Lipinski definition) is 7. The lowest BCUT2D eigenvalue weighted by Crippen LogP contribution is -2.40. The molecule has 0 aromatic carbocycles. The average Bonchev–Trinajstić information content (AvgIpc) is 2.70. The Morgan fingerprint density at radius 3 is 2.85 bits per heavy atom. The Labute approximate surface area is 128 Å². The molecule has 114 valence electrons. The SMILES string of the molecule is CCCSc1nsc(NC(=O)CN(C)CC(C)(C)O)n1. The van der Waals surface area contributed by atoms with Crippen molar-refractivity contribution < 1.29 is 9.90 Å². The van der Waals surface area contributed by atoms with Gasteiger partial charge in [-0.2, -0.15) is 9.36 Å². The Morgan fingerprint density at radius 1 is 1.55 bits per heavy atom. The van der Waals surface area contributed by atoms with Crippen LogP contribution in [0.5, 0.6) is 0 Å². The van der Waals surface area contributed by atoms with Crippen molar-refractivity contribution in [3.63, 3.8) is 0 Å². The number of aromatic nitrogens is 2. The molecule has 0 saturated carbocycles. The third-order valence-corrected chi connectivity index (χ3v) is 3.96. The van der Waals surface area contributed by atoms with Crippen LogP contribution < -0.4 is 5.32 Å². The highest BCUT2D eigenvalue weighted by atomic mass is 32.2. The van der Waals surface area contributed by atoms with Gasteiger partial charge in [0.25, 0.3) is 0 Å². The van der Waals surface area contributed by atoms with Crippen molar-refractivity contribution >= 4 is 34.3 Å². The number of rotatable bonds is 8.